The van der Waals surface area contributed by atoms with Crippen molar-refractivity contribution in [2.45, 2.75) is 33.1 Å². The number of hydrogen-bond acceptors (Lipinski definition) is 1. The van der Waals surface area contributed by atoms with Crippen molar-refractivity contribution in [2.75, 3.05) is 13.6 Å². The van der Waals surface area contributed by atoms with Gasteiger partial charge in [0.2, 0.25) is 0 Å². The molecule has 0 aromatic heterocycles. The molecule has 0 bridgehead atoms. The summed E-state index contributed by atoms with van der Waals surface area (Å²) in [5.41, 5.74) is 2.88. The highest BCUT2D eigenvalue weighted by Crippen LogP contribution is 2.20. The number of hydrogen-bond donors (Lipinski definition) is 0. The standard InChI is InChI=1S/C11H19N/c1-4-9-12(3)11-8-6-5-7-10(11)2/h7-8H,4-6,9H2,1-3H3. The van der Waals surface area contributed by atoms with Gasteiger partial charge in [-0.05, 0) is 31.8 Å². The van der Waals surface area contributed by atoms with Crippen LogP contribution in [0.3, 0.4) is 0 Å². The van der Waals surface area contributed by atoms with E-state index in [4.69, 9.17) is 0 Å². The van der Waals surface area contributed by atoms with Crippen molar-refractivity contribution in [3.05, 3.63) is 23.4 Å². The maximum absolute atomic E-state index is 2.35. The first kappa shape index (κ1) is 9.37. The fraction of sp³-hybridized carbons (Fsp3) is 0.636. The van der Waals surface area contributed by atoms with E-state index in [1.54, 1.807) is 0 Å². The fourth-order valence-electron chi connectivity index (χ4n) is 1.70. The van der Waals surface area contributed by atoms with Crippen molar-refractivity contribution in [3.8, 4) is 0 Å². The van der Waals surface area contributed by atoms with Gasteiger partial charge < -0.3 is 4.90 Å². The van der Waals surface area contributed by atoms with E-state index < -0.39 is 0 Å². The molecule has 1 aliphatic carbocycles. The number of nitrogens with zero attached hydrogens (tertiary/aromatic N) is 1. The van der Waals surface area contributed by atoms with Gasteiger partial charge in [0.25, 0.3) is 0 Å². The summed E-state index contributed by atoms with van der Waals surface area (Å²) in [6.45, 7) is 5.59. The molecule has 0 aliphatic heterocycles. The van der Waals surface area contributed by atoms with Crippen molar-refractivity contribution >= 4 is 0 Å². The Morgan fingerprint density at radius 2 is 2.00 bits per heavy atom. The Kier molecular flexibility index (Phi) is 3.39. The Labute approximate surface area is 75.8 Å². The van der Waals surface area contributed by atoms with E-state index in [9.17, 15) is 0 Å². The summed E-state index contributed by atoms with van der Waals surface area (Å²) in [5.74, 6) is 0. The summed E-state index contributed by atoms with van der Waals surface area (Å²) < 4.78 is 0. The average molecular weight is 165 g/mol. The van der Waals surface area contributed by atoms with E-state index in [0.717, 1.165) is 6.54 Å². The molecule has 1 aliphatic rings. The van der Waals surface area contributed by atoms with Crippen molar-refractivity contribution < 1.29 is 0 Å². The fourth-order valence-corrected chi connectivity index (χ4v) is 1.70. The van der Waals surface area contributed by atoms with Gasteiger partial charge in [0.15, 0.2) is 0 Å². The molecule has 68 valence electrons. The number of allylic oxidation sites excluding steroid dienone is 3. The van der Waals surface area contributed by atoms with Crippen LogP contribution in [-0.2, 0) is 0 Å². The molecule has 12 heavy (non-hydrogen) atoms. The second kappa shape index (κ2) is 4.34. The van der Waals surface area contributed by atoms with Crippen LogP contribution in [0.2, 0.25) is 0 Å². The summed E-state index contributed by atoms with van der Waals surface area (Å²) in [4.78, 5) is 2.35. The first-order chi connectivity index (χ1) is 5.75. The van der Waals surface area contributed by atoms with Crippen molar-refractivity contribution in [3.63, 3.8) is 0 Å². The van der Waals surface area contributed by atoms with Gasteiger partial charge in [-0.3, -0.25) is 0 Å². The van der Waals surface area contributed by atoms with Crippen molar-refractivity contribution in [2.24, 2.45) is 0 Å². The zero-order valence-electron chi connectivity index (χ0n) is 8.43. The lowest BCUT2D eigenvalue weighted by Crippen LogP contribution is -2.20. The maximum atomic E-state index is 2.35. The van der Waals surface area contributed by atoms with Crippen LogP contribution in [0.15, 0.2) is 23.4 Å². The quantitative estimate of drug-likeness (QED) is 0.621. The molecule has 1 nitrogen and oxygen atoms in total. The molecule has 0 atom stereocenters. The van der Waals surface area contributed by atoms with Crippen LogP contribution in [0, 0.1) is 0 Å². The molecule has 1 heteroatoms. The molecule has 0 heterocycles. The molecule has 1 rings (SSSR count). The van der Waals surface area contributed by atoms with Gasteiger partial charge in [-0.2, -0.15) is 0 Å². The minimum atomic E-state index is 1.16. The van der Waals surface area contributed by atoms with Gasteiger partial charge in [-0.1, -0.05) is 19.1 Å². The van der Waals surface area contributed by atoms with Crippen LogP contribution in [-0.4, -0.2) is 18.5 Å². The molecule has 0 N–H and O–H groups in total. The minimum absolute atomic E-state index is 1.16. The third-order valence-corrected chi connectivity index (χ3v) is 2.33. The average Bonchev–Trinajstić information content (AvgIpc) is 2.05. The second-order valence-corrected chi connectivity index (χ2v) is 3.48. The van der Waals surface area contributed by atoms with Crippen LogP contribution in [0.1, 0.15) is 33.1 Å². The topological polar surface area (TPSA) is 3.24 Å². The van der Waals surface area contributed by atoms with E-state index in [1.807, 2.05) is 0 Å². The van der Waals surface area contributed by atoms with Gasteiger partial charge >= 0.3 is 0 Å². The Morgan fingerprint density at radius 3 is 2.58 bits per heavy atom. The number of likely N-dealkylation sites (N-methyl/N-ethyl adjacent to an activating group) is 1. The second-order valence-electron chi connectivity index (χ2n) is 3.48. The predicted octanol–water partition coefficient (Wildman–Crippen LogP) is 2.95. The highest BCUT2D eigenvalue weighted by molar-refractivity contribution is 5.30. The van der Waals surface area contributed by atoms with Gasteiger partial charge in [0.1, 0.15) is 0 Å². The Morgan fingerprint density at radius 1 is 1.33 bits per heavy atom. The molecule has 0 radical (unpaired) electrons. The van der Waals surface area contributed by atoms with Crippen LogP contribution in [0.25, 0.3) is 0 Å². The summed E-state index contributed by atoms with van der Waals surface area (Å²) >= 11 is 0. The van der Waals surface area contributed by atoms with E-state index in [1.165, 1.54) is 30.5 Å². The largest absolute Gasteiger partial charge is 0.375 e. The maximum Gasteiger partial charge on any atom is 0.0349 e. The van der Waals surface area contributed by atoms with E-state index in [-0.39, 0.29) is 0 Å². The van der Waals surface area contributed by atoms with Gasteiger partial charge in [-0.25, -0.2) is 0 Å². The van der Waals surface area contributed by atoms with Crippen LogP contribution in [0.5, 0.6) is 0 Å². The Hall–Kier alpha value is -0.720. The molecule has 0 spiro atoms. The summed E-state index contributed by atoms with van der Waals surface area (Å²) in [7, 11) is 2.18. The van der Waals surface area contributed by atoms with Crippen molar-refractivity contribution in [1.29, 1.82) is 0 Å². The molecule has 0 fully saturated rings. The Balaban J connectivity index is 2.60. The smallest absolute Gasteiger partial charge is 0.0349 e. The van der Waals surface area contributed by atoms with Gasteiger partial charge in [0.05, 0.1) is 0 Å². The van der Waals surface area contributed by atoms with Crippen LogP contribution < -0.4 is 0 Å². The van der Waals surface area contributed by atoms with Gasteiger partial charge in [-0.15, -0.1) is 0 Å². The third-order valence-electron chi connectivity index (χ3n) is 2.33. The Bertz CT molecular complexity index is 201. The minimum Gasteiger partial charge on any atom is -0.375 e. The van der Waals surface area contributed by atoms with Crippen LogP contribution in [0.4, 0.5) is 0 Å². The number of rotatable bonds is 3. The van der Waals surface area contributed by atoms with E-state index in [2.05, 4.69) is 37.9 Å². The molecular formula is C11H19N. The van der Waals surface area contributed by atoms with Gasteiger partial charge in [0, 0.05) is 19.3 Å². The molecule has 0 saturated heterocycles. The highest BCUT2D eigenvalue weighted by atomic mass is 15.1. The molecule has 0 aromatic carbocycles. The molecular weight excluding hydrogens is 146 g/mol. The lowest BCUT2D eigenvalue weighted by molar-refractivity contribution is 0.420. The first-order valence-electron chi connectivity index (χ1n) is 4.84. The SMILES string of the molecule is CCCN(C)C1=CCCC=C1C. The van der Waals surface area contributed by atoms with Crippen LogP contribution >= 0.6 is 0 Å². The normalized spacial score (nSPS) is 16.9. The molecule has 0 saturated carbocycles. The zero-order chi connectivity index (χ0) is 8.97. The molecule has 0 aromatic rings. The first-order valence-corrected chi connectivity index (χ1v) is 4.84. The highest BCUT2D eigenvalue weighted by Gasteiger charge is 2.07. The summed E-state index contributed by atoms with van der Waals surface area (Å²) in [5, 5.41) is 0. The van der Waals surface area contributed by atoms with Crippen molar-refractivity contribution in [1.82, 2.24) is 4.90 Å². The molecule has 0 unspecified atom stereocenters. The lowest BCUT2D eigenvalue weighted by Gasteiger charge is -2.24. The zero-order valence-corrected chi connectivity index (χ0v) is 8.43. The molecule has 0 amide bonds. The van der Waals surface area contributed by atoms with E-state index >= 15 is 0 Å². The third kappa shape index (κ3) is 2.13. The predicted molar refractivity (Wildman–Crippen MR) is 54.0 cm³/mol. The van der Waals surface area contributed by atoms with E-state index in [0.29, 0.717) is 0 Å². The monoisotopic (exact) mass is 165 g/mol. The lowest BCUT2D eigenvalue weighted by atomic mass is 10.0. The summed E-state index contributed by atoms with van der Waals surface area (Å²) in [6.07, 6.45) is 8.34. The summed E-state index contributed by atoms with van der Waals surface area (Å²) in [6, 6.07) is 0.